The van der Waals surface area contributed by atoms with Gasteiger partial charge in [-0.25, -0.2) is 0 Å². The van der Waals surface area contributed by atoms with Crippen molar-refractivity contribution in [1.29, 1.82) is 0 Å². The second-order valence-corrected chi connectivity index (χ2v) is 3.79. The molecule has 0 spiro atoms. The molecule has 0 bridgehead atoms. The molecule has 2 rings (SSSR count). The van der Waals surface area contributed by atoms with Gasteiger partial charge in [0.25, 0.3) is 0 Å². The number of pyridine rings is 1. The fraction of sp³-hybridized carbons (Fsp3) is 0.214. The van der Waals surface area contributed by atoms with E-state index in [9.17, 15) is 0 Å². The number of nitrogens with zero attached hydrogens (tertiary/aromatic N) is 1. The van der Waals surface area contributed by atoms with Crippen LogP contribution in [0.15, 0.2) is 36.5 Å². The van der Waals surface area contributed by atoms with E-state index < -0.39 is 0 Å². The van der Waals surface area contributed by atoms with E-state index in [0.717, 1.165) is 22.6 Å². The van der Waals surface area contributed by atoms with Gasteiger partial charge < -0.3 is 9.47 Å². The van der Waals surface area contributed by atoms with Gasteiger partial charge in [0.05, 0.1) is 19.9 Å². The number of methoxy groups -OCH3 is 2. The molecule has 0 amide bonds. The van der Waals surface area contributed by atoms with Gasteiger partial charge in [0.1, 0.15) is 0 Å². The molecule has 0 saturated heterocycles. The summed E-state index contributed by atoms with van der Waals surface area (Å²) in [7, 11) is 3.26. The third-order valence-electron chi connectivity index (χ3n) is 2.59. The Balaban J connectivity index is 2.42. The normalized spacial score (nSPS) is 10.1. The number of rotatable bonds is 3. The molecule has 88 valence electrons. The minimum atomic E-state index is 0.715. The van der Waals surface area contributed by atoms with E-state index >= 15 is 0 Å². The second kappa shape index (κ2) is 4.87. The Morgan fingerprint density at radius 2 is 1.71 bits per heavy atom. The number of hydrogen-bond acceptors (Lipinski definition) is 3. The van der Waals surface area contributed by atoms with Crippen LogP contribution in [0, 0.1) is 6.92 Å². The predicted octanol–water partition coefficient (Wildman–Crippen LogP) is 3.07. The first-order valence-electron chi connectivity index (χ1n) is 5.39. The van der Waals surface area contributed by atoms with Crippen molar-refractivity contribution < 1.29 is 9.47 Å². The SMILES string of the molecule is COc1ccc(-c2ccc(C)cn2)cc1OC. The summed E-state index contributed by atoms with van der Waals surface area (Å²) in [6.45, 7) is 2.02. The van der Waals surface area contributed by atoms with Gasteiger partial charge >= 0.3 is 0 Å². The summed E-state index contributed by atoms with van der Waals surface area (Å²) in [4.78, 5) is 4.38. The topological polar surface area (TPSA) is 31.4 Å². The molecule has 1 aromatic carbocycles. The smallest absolute Gasteiger partial charge is 0.161 e. The lowest BCUT2D eigenvalue weighted by Crippen LogP contribution is -1.91. The third kappa shape index (κ3) is 2.38. The zero-order valence-corrected chi connectivity index (χ0v) is 10.2. The maximum absolute atomic E-state index is 5.27. The Morgan fingerprint density at radius 1 is 0.941 bits per heavy atom. The summed E-state index contributed by atoms with van der Waals surface area (Å²) in [5, 5.41) is 0. The average molecular weight is 229 g/mol. The van der Waals surface area contributed by atoms with Crippen LogP contribution in [-0.2, 0) is 0 Å². The second-order valence-electron chi connectivity index (χ2n) is 3.79. The molecule has 0 N–H and O–H groups in total. The Bertz CT molecular complexity index is 506. The fourth-order valence-corrected chi connectivity index (χ4v) is 1.63. The zero-order chi connectivity index (χ0) is 12.3. The Kier molecular flexibility index (Phi) is 3.28. The average Bonchev–Trinajstić information content (AvgIpc) is 2.39. The first-order valence-corrected chi connectivity index (χ1v) is 5.39. The molecule has 0 atom stereocenters. The standard InChI is InChI=1S/C14H15NO2/c1-10-4-6-12(15-9-10)11-5-7-13(16-2)14(8-11)17-3/h4-9H,1-3H3. The van der Waals surface area contributed by atoms with Gasteiger partial charge in [0.15, 0.2) is 11.5 Å². The van der Waals surface area contributed by atoms with Crippen LogP contribution in [0.3, 0.4) is 0 Å². The van der Waals surface area contributed by atoms with Crippen LogP contribution in [0.4, 0.5) is 0 Å². The van der Waals surface area contributed by atoms with Crippen molar-refractivity contribution in [3.8, 4) is 22.8 Å². The Labute approximate surface area is 101 Å². The molecule has 0 aliphatic heterocycles. The van der Waals surface area contributed by atoms with Gasteiger partial charge in [-0.15, -0.1) is 0 Å². The number of aryl methyl sites for hydroxylation is 1. The Morgan fingerprint density at radius 3 is 2.29 bits per heavy atom. The highest BCUT2D eigenvalue weighted by atomic mass is 16.5. The molecule has 2 aromatic rings. The van der Waals surface area contributed by atoms with E-state index in [2.05, 4.69) is 4.98 Å². The Hall–Kier alpha value is -2.03. The number of aromatic nitrogens is 1. The number of ether oxygens (including phenoxy) is 2. The lowest BCUT2D eigenvalue weighted by Gasteiger charge is -2.09. The summed E-state index contributed by atoms with van der Waals surface area (Å²) in [6, 6.07) is 9.82. The number of benzene rings is 1. The van der Waals surface area contributed by atoms with Crippen LogP contribution in [0.2, 0.25) is 0 Å². The van der Waals surface area contributed by atoms with E-state index in [1.165, 1.54) is 0 Å². The van der Waals surface area contributed by atoms with E-state index in [1.807, 2.05) is 43.5 Å². The maximum atomic E-state index is 5.27. The fourth-order valence-electron chi connectivity index (χ4n) is 1.63. The van der Waals surface area contributed by atoms with Crippen molar-refractivity contribution >= 4 is 0 Å². The highest BCUT2D eigenvalue weighted by molar-refractivity contribution is 5.63. The molecule has 0 unspecified atom stereocenters. The minimum Gasteiger partial charge on any atom is -0.493 e. The van der Waals surface area contributed by atoms with Crippen molar-refractivity contribution in [1.82, 2.24) is 4.98 Å². The van der Waals surface area contributed by atoms with E-state index in [0.29, 0.717) is 5.75 Å². The first kappa shape index (κ1) is 11.5. The quantitative estimate of drug-likeness (QED) is 0.810. The molecule has 0 aliphatic carbocycles. The molecule has 17 heavy (non-hydrogen) atoms. The molecule has 1 heterocycles. The summed E-state index contributed by atoms with van der Waals surface area (Å²) < 4.78 is 10.5. The summed E-state index contributed by atoms with van der Waals surface area (Å²) in [5.41, 5.74) is 3.09. The molecule has 0 radical (unpaired) electrons. The first-order chi connectivity index (χ1) is 8.24. The minimum absolute atomic E-state index is 0.715. The molecular weight excluding hydrogens is 214 g/mol. The van der Waals surface area contributed by atoms with Gasteiger partial charge in [-0.3, -0.25) is 4.98 Å². The highest BCUT2D eigenvalue weighted by Gasteiger charge is 2.06. The van der Waals surface area contributed by atoms with Crippen LogP contribution in [0.1, 0.15) is 5.56 Å². The lowest BCUT2D eigenvalue weighted by molar-refractivity contribution is 0.355. The molecule has 3 nitrogen and oxygen atoms in total. The van der Waals surface area contributed by atoms with Crippen molar-refractivity contribution in [3.05, 3.63) is 42.1 Å². The van der Waals surface area contributed by atoms with E-state index in [-0.39, 0.29) is 0 Å². The molecule has 0 aliphatic rings. The summed E-state index contributed by atoms with van der Waals surface area (Å²) in [5.74, 6) is 1.44. The van der Waals surface area contributed by atoms with E-state index in [1.54, 1.807) is 14.2 Å². The summed E-state index contributed by atoms with van der Waals surface area (Å²) >= 11 is 0. The van der Waals surface area contributed by atoms with Crippen LogP contribution in [0.25, 0.3) is 11.3 Å². The van der Waals surface area contributed by atoms with Gasteiger partial charge in [-0.05, 0) is 36.8 Å². The molecule has 1 aromatic heterocycles. The van der Waals surface area contributed by atoms with Crippen molar-refractivity contribution in [2.45, 2.75) is 6.92 Å². The molecular formula is C14H15NO2. The van der Waals surface area contributed by atoms with Crippen LogP contribution < -0.4 is 9.47 Å². The largest absolute Gasteiger partial charge is 0.493 e. The van der Waals surface area contributed by atoms with Crippen LogP contribution in [0.5, 0.6) is 11.5 Å². The van der Waals surface area contributed by atoms with Gasteiger partial charge in [-0.1, -0.05) is 6.07 Å². The lowest BCUT2D eigenvalue weighted by atomic mass is 10.1. The maximum Gasteiger partial charge on any atom is 0.161 e. The van der Waals surface area contributed by atoms with Gasteiger partial charge in [0, 0.05) is 11.8 Å². The summed E-state index contributed by atoms with van der Waals surface area (Å²) in [6.07, 6.45) is 1.85. The van der Waals surface area contributed by atoms with Crippen LogP contribution >= 0.6 is 0 Å². The van der Waals surface area contributed by atoms with Gasteiger partial charge in [-0.2, -0.15) is 0 Å². The molecule has 3 heteroatoms. The van der Waals surface area contributed by atoms with Crippen molar-refractivity contribution in [2.75, 3.05) is 14.2 Å². The molecule has 0 fully saturated rings. The van der Waals surface area contributed by atoms with Crippen molar-refractivity contribution in [2.24, 2.45) is 0 Å². The predicted molar refractivity (Wildman–Crippen MR) is 67.5 cm³/mol. The zero-order valence-electron chi connectivity index (χ0n) is 10.2. The van der Waals surface area contributed by atoms with Crippen LogP contribution in [-0.4, -0.2) is 19.2 Å². The molecule has 0 saturated carbocycles. The monoisotopic (exact) mass is 229 g/mol. The van der Waals surface area contributed by atoms with Gasteiger partial charge in [0.2, 0.25) is 0 Å². The highest BCUT2D eigenvalue weighted by Crippen LogP contribution is 2.31. The van der Waals surface area contributed by atoms with E-state index in [4.69, 9.17) is 9.47 Å². The van der Waals surface area contributed by atoms with Crippen molar-refractivity contribution in [3.63, 3.8) is 0 Å². The third-order valence-corrected chi connectivity index (χ3v) is 2.59. The number of hydrogen-bond donors (Lipinski definition) is 0.